The van der Waals surface area contributed by atoms with Crippen LogP contribution < -0.4 is 0 Å². The van der Waals surface area contributed by atoms with Crippen LogP contribution in [-0.2, 0) is 9.59 Å². The van der Waals surface area contributed by atoms with Crippen LogP contribution in [0.25, 0.3) is 11.1 Å². The summed E-state index contributed by atoms with van der Waals surface area (Å²) in [5.41, 5.74) is 5.66. The van der Waals surface area contributed by atoms with E-state index in [1.165, 1.54) is 49.8 Å². The normalized spacial score (nSPS) is 9.47. The lowest BCUT2D eigenvalue weighted by molar-refractivity contribution is -0.125. The number of aliphatic hydroxyl groups is 1. The van der Waals surface area contributed by atoms with Crippen LogP contribution in [0.3, 0.4) is 0 Å². The molecule has 0 spiro atoms. The van der Waals surface area contributed by atoms with E-state index in [1.54, 1.807) is 13.8 Å². The number of Topliss-reactive ketones (excluding diaryl/α,β-unsaturated/α-hetero) is 2. The third-order valence-electron chi connectivity index (χ3n) is 5.18. The summed E-state index contributed by atoms with van der Waals surface area (Å²) in [7, 11) is 0. The van der Waals surface area contributed by atoms with Crippen LogP contribution in [0.5, 0.6) is 0 Å². The van der Waals surface area contributed by atoms with Gasteiger partial charge >= 0.3 is 0 Å². The Morgan fingerprint density at radius 2 is 1.10 bits per heavy atom. The first-order valence-electron chi connectivity index (χ1n) is 14.4. The molecule has 40 heavy (non-hydrogen) atoms. The SMILES string of the molecule is CC.CC(=O)c1ccc(-c2ccc(C)cc2)cc1.CC=O.CCC(O)C(C)=O.CCCCC.Cc1ccccc1. The molecule has 0 aliphatic carbocycles. The molecule has 0 bridgehead atoms. The smallest absolute Gasteiger partial charge is 0.159 e. The zero-order valence-corrected chi connectivity index (χ0v) is 26.7. The van der Waals surface area contributed by atoms with E-state index in [9.17, 15) is 9.59 Å². The number of carbonyl (C=O) groups is 3. The Bertz CT molecular complexity index is 989. The van der Waals surface area contributed by atoms with Crippen LogP contribution in [-0.4, -0.2) is 29.1 Å². The highest BCUT2D eigenvalue weighted by atomic mass is 16.3. The van der Waals surface area contributed by atoms with Crippen molar-refractivity contribution in [3.05, 3.63) is 95.6 Å². The minimum absolute atomic E-state index is 0.107. The maximum absolute atomic E-state index is 11.1. The van der Waals surface area contributed by atoms with E-state index in [-0.39, 0.29) is 11.6 Å². The molecule has 1 atom stereocenters. The largest absolute Gasteiger partial charge is 0.385 e. The average molecular weight is 551 g/mol. The number of unbranched alkanes of at least 4 members (excludes halogenated alkanes) is 2. The summed E-state index contributed by atoms with van der Waals surface area (Å²) >= 11 is 0. The van der Waals surface area contributed by atoms with Gasteiger partial charge < -0.3 is 9.90 Å². The third kappa shape index (κ3) is 23.7. The molecule has 0 saturated carbocycles. The van der Waals surface area contributed by atoms with Gasteiger partial charge in [-0.2, -0.15) is 0 Å². The van der Waals surface area contributed by atoms with Gasteiger partial charge in [-0.3, -0.25) is 9.59 Å². The van der Waals surface area contributed by atoms with Gasteiger partial charge in [0.2, 0.25) is 0 Å². The third-order valence-corrected chi connectivity index (χ3v) is 5.18. The fraction of sp³-hybridized carbons (Fsp3) is 0.417. The van der Waals surface area contributed by atoms with Gasteiger partial charge in [-0.25, -0.2) is 0 Å². The fourth-order valence-corrected chi connectivity index (χ4v) is 2.82. The summed E-state index contributed by atoms with van der Waals surface area (Å²) in [6.07, 6.45) is 4.61. The van der Waals surface area contributed by atoms with Crippen LogP contribution in [0.4, 0.5) is 0 Å². The van der Waals surface area contributed by atoms with E-state index < -0.39 is 6.10 Å². The number of aliphatic hydroxyl groups excluding tert-OH is 1. The summed E-state index contributed by atoms with van der Waals surface area (Å²) in [5, 5.41) is 8.59. The second-order valence-electron chi connectivity index (χ2n) is 8.78. The maximum Gasteiger partial charge on any atom is 0.159 e. The molecular weight excluding hydrogens is 496 g/mol. The van der Waals surface area contributed by atoms with Crippen LogP contribution in [0.1, 0.15) is 103 Å². The molecule has 0 fully saturated rings. The van der Waals surface area contributed by atoms with E-state index >= 15 is 0 Å². The number of ketones is 2. The Labute approximate surface area is 244 Å². The van der Waals surface area contributed by atoms with E-state index in [0.717, 1.165) is 17.4 Å². The molecule has 0 amide bonds. The fourth-order valence-electron chi connectivity index (χ4n) is 2.82. The van der Waals surface area contributed by atoms with Crippen molar-refractivity contribution < 1.29 is 19.5 Å². The highest BCUT2D eigenvalue weighted by Crippen LogP contribution is 2.20. The maximum atomic E-state index is 11.1. The Morgan fingerprint density at radius 3 is 1.32 bits per heavy atom. The Balaban J connectivity index is -0.000000480. The van der Waals surface area contributed by atoms with E-state index in [2.05, 4.69) is 64.1 Å². The van der Waals surface area contributed by atoms with Gasteiger partial charge in [0.15, 0.2) is 11.6 Å². The van der Waals surface area contributed by atoms with E-state index in [0.29, 0.717) is 6.42 Å². The van der Waals surface area contributed by atoms with Gasteiger partial charge in [0.1, 0.15) is 12.4 Å². The zero-order chi connectivity index (χ0) is 31.3. The second kappa shape index (κ2) is 28.6. The number of aldehydes is 1. The van der Waals surface area contributed by atoms with E-state index in [4.69, 9.17) is 9.90 Å². The molecule has 4 nitrogen and oxygen atoms in total. The summed E-state index contributed by atoms with van der Waals surface area (Å²) in [6, 6.07) is 26.4. The number of aryl methyl sites for hydroxylation is 2. The Hall–Kier alpha value is -3.37. The van der Waals surface area contributed by atoms with Crippen LogP contribution in [0.2, 0.25) is 0 Å². The molecule has 0 heterocycles. The lowest BCUT2D eigenvalue weighted by atomic mass is 10.0. The highest BCUT2D eigenvalue weighted by molar-refractivity contribution is 5.94. The number of carbonyl (C=O) groups excluding carboxylic acids is 3. The average Bonchev–Trinajstić information content (AvgIpc) is 2.96. The number of hydrogen-bond acceptors (Lipinski definition) is 4. The molecule has 0 aliphatic heterocycles. The lowest BCUT2D eigenvalue weighted by Gasteiger charge is -2.03. The molecule has 0 radical (unpaired) electrons. The molecular formula is C36H54O4. The van der Waals surface area contributed by atoms with Crippen molar-refractivity contribution in [3.8, 4) is 11.1 Å². The Kier molecular flexibility index (Phi) is 29.4. The quantitative estimate of drug-likeness (QED) is 0.245. The zero-order valence-electron chi connectivity index (χ0n) is 26.7. The molecule has 1 unspecified atom stereocenters. The van der Waals surface area contributed by atoms with Crippen molar-refractivity contribution in [2.75, 3.05) is 0 Å². The van der Waals surface area contributed by atoms with Crippen molar-refractivity contribution in [1.82, 2.24) is 0 Å². The monoisotopic (exact) mass is 550 g/mol. The van der Waals surface area contributed by atoms with Crippen molar-refractivity contribution in [2.24, 2.45) is 0 Å². The first kappa shape index (κ1) is 41.1. The van der Waals surface area contributed by atoms with Gasteiger partial charge in [-0.1, -0.05) is 144 Å². The van der Waals surface area contributed by atoms with Gasteiger partial charge in [0.05, 0.1) is 0 Å². The molecule has 1 N–H and O–H groups in total. The number of rotatable bonds is 6. The molecule has 0 aromatic heterocycles. The second-order valence-corrected chi connectivity index (χ2v) is 8.78. The first-order chi connectivity index (χ1) is 19.1. The molecule has 0 saturated heterocycles. The minimum atomic E-state index is -0.736. The molecule has 3 aromatic rings. The summed E-state index contributed by atoms with van der Waals surface area (Å²) in [4.78, 5) is 30.1. The van der Waals surface area contributed by atoms with Crippen molar-refractivity contribution >= 4 is 17.9 Å². The van der Waals surface area contributed by atoms with Crippen molar-refractivity contribution in [3.63, 3.8) is 0 Å². The van der Waals surface area contributed by atoms with Crippen LogP contribution in [0, 0.1) is 13.8 Å². The summed E-state index contributed by atoms with van der Waals surface area (Å²) < 4.78 is 0. The van der Waals surface area contributed by atoms with Gasteiger partial charge in [0, 0.05) is 5.56 Å². The summed E-state index contributed by atoms with van der Waals surface area (Å²) in [6.45, 7) is 18.8. The first-order valence-corrected chi connectivity index (χ1v) is 14.4. The van der Waals surface area contributed by atoms with E-state index in [1.807, 2.05) is 56.3 Å². The van der Waals surface area contributed by atoms with Gasteiger partial charge in [-0.15, -0.1) is 0 Å². The van der Waals surface area contributed by atoms with Crippen LogP contribution in [0.15, 0.2) is 78.9 Å². The number of hydrogen-bond donors (Lipinski definition) is 1. The topological polar surface area (TPSA) is 71.4 Å². The van der Waals surface area contributed by atoms with Gasteiger partial charge in [0.25, 0.3) is 0 Å². The number of benzene rings is 3. The minimum Gasteiger partial charge on any atom is -0.385 e. The Morgan fingerprint density at radius 1 is 0.725 bits per heavy atom. The van der Waals surface area contributed by atoms with Crippen molar-refractivity contribution in [1.29, 1.82) is 0 Å². The molecule has 3 rings (SSSR count). The van der Waals surface area contributed by atoms with Crippen molar-refractivity contribution in [2.45, 2.75) is 101 Å². The molecule has 0 aliphatic rings. The summed E-state index contributed by atoms with van der Waals surface area (Å²) in [5.74, 6) is -0.0436. The molecule has 4 heteroatoms. The predicted molar refractivity (Wildman–Crippen MR) is 173 cm³/mol. The highest BCUT2D eigenvalue weighted by Gasteiger charge is 2.03. The van der Waals surface area contributed by atoms with Gasteiger partial charge in [-0.05, 0) is 52.2 Å². The standard InChI is InChI=1S/C15H14O.C7H8.C5H10O2.C5H12.C2H4O.C2H6/c1-11-3-5-14(6-4-11)15-9-7-13(8-10-15)12(2)16;1-7-5-3-2-4-6-7;1-3-5(7)4(2)6;1-3-5-4-2;1-2-3;1-2/h3-10H,1-2H3;2-6H,1H3;5,7H,3H2,1-2H3;3-5H2,1-2H3;2H,1H3;1-2H3. The molecule has 3 aromatic carbocycles. The van der Waals surface area contributed by atoms with Crippen LogP contribution >= 0.6 is 0 Å². The molecule has 222 valence electrons. The lowest BCUT2D eigenvalue weighted by Crippen LogP contribution is -2.14. The predicted octanol–water partition coefficient (Wildman–Crippen LogP) is 9.63.